The fourth-order valence-corrected chi connectivity index (χ4v) is 3.15. The zero-order valence-electron chi connectivity index (χ0n) is 16.5. The quantitative estimate of drug-likeness (QED) is 0.192. The highest BCUT2D eigenvalue weighted by atomic mass is 32.1. The third-order valence-electron chi connectivity index (χ3n) is 3.82. The molecule has 0 radical (unpaired) electrons. The molecule has 0 aliphatic carbocycles. The fourth-order valence-electron chi connectivity index (χ4n) is 2.38. The molecule has 0 bridgehead atoms. The predicted molar refractivity (Wildman–Crippen MR) is 112 cm³/mol. The SMILES string of the molecule is COCCCCCCOc1ccc(-c2nnc(C=CC=CCOOC)s2)cc1. The molecule has 1 heterocycles. The summed E-state index contributed by atoms with van der Waals surface area (Å²) in [5.74, 6) is 0.883. The van der Waals surface area contributed by atoms with E-state index in [-0.39, 0.29) is 0 Å². The van der Waals surface area contributed by atoms with Gasteiger partial charge < -0.3 is 9.47 Å². The maximum absolute atomic E-state index is 5.80. The summed E-state index contributed by atoms with van der Waals surface area (Å²) in [4.78, 5) is 9.25. The number of benzene rings is 1. The molecule has 0 aliphatic rings. The van der Waals surface area contributed by atoms with E-state index in [9.17, 15) is 0 Å². The summed E-state index contributed by atoms with van der Waals surface area (Å²) in [6, 6.07) is 8.00. The van der Waals surface area contributed by atoms with Crippen LogP contribution in [-0.2, 0) is 14.5 Å². The van der Waals surface area contributed by atoms with E-state index in [1.807, 2.05) is 48.6 Å². The van der Waals surface area contributed by atoms with Gasteiger partial charge in [0.25, 0.3) is 0 Å². The number of allylic oxidation sites excluding steroid dienone is 2. The Kier molecular flexibility index (Phi) is 11.1. The highest BCUT2D eigenvalue weighted by molar-refractivity contribution is 7.15. The highest BCUT2D eigenvalue weighted by Gasteiger charge is 2.05. The lowest BCUT2D eigenvalue weighted by Gasteiger charge is -2.06. The molecule has 7 heteroatoms. The molecule has 28 heavy (non-hydrogen) atoms. The maximum Gasteiger partial charge on any atom is 0.148 e. The first-order chi connectivity index (χ1) is 13.8. The number of nitrogens with zero attached hydrogens (tertiary/aromatic N) is 2. The van der Waals surface area contributed by atoms with E-state index in [2.05, 4.69) is 15.1 Å². The minimum atomic E-state index is 0.407. The summed E-state index contributed by atoms with van der Waals surface area (Å²) in [5.41, 5.74) is 1.04. The second-order valence-corrected chi connectivity index (χ2v) is 6.97. The zero-order chi connectivity index (χ0) is 19.9. The van der Waals surface area contributed by atoms with E-state index in [4.69, 9.17) is 14.4 Å². The molecule has 0 spiro atoms. The summed E-state index contributed by atoms with van der Waals surface area (Å²) < 4.78 is 10.8. The van der Waals surface area contributed by atoms with Crippen molar-refractivity contribution < 1.29 is 19.2 Å². The van der Waals surface area contributed by atoms with Crippen LogP contribution in [-0.4, -0.2) is 44.2 Å². The molecule has 0 fully saturated rings. The molecule has 152 valence electrons. The van der Waals surface area contributed by atoms with Gasteiger partial charge in [0.05, 0.1) is 13.7 Å². The van der Waals surface area contributed by atoms with Crippen molar-refractivity contribution in [3.05, 3.63) is 47.5 Å². The first kappa shape index (κ1) is 22.2. The van der Waals surface area contributed by atoms with Crippen LogP contribution < -0.4 is 4.74 Å². The predicted octanol–water partition coefficient (Wildman–Crippen LogP) is 4.94. The summed E-state index contributed by atoms with van der Waals surface area (Å²) in [6.45, 7) is 1.99. The van der Waals surface area contributed by atoms with Crippen molar-refractivity contribution in [1.82, 2.24) is 10.2 Å². The summed E-state index contributed by atoms with van der Waals surface area (Å²) in [5, 5.41) is 10.2. The van der Waals surface area contributed by atoms with E-state index in [1.165, 1.54) is 13.5 Å². The van der Waals surface area contributed by atoms with Gasteiger partial charge in [0.1, 0.15) is 22.4 Å². The molecular formula is C21H28N2O4S. The molecule has 6 nitrogen and oxygen atoms in total. The summed E-state index contributed by atoms with van der Waals surface area (Å²) in [6.07, 6.45) is 12.1. The largest absolute Gasteiger partial charge is 0.494 e. The molecule has 0 N–H and O–H groups in total. The van der Waals surface area contributed by atoms with Crippen molar-refractivity contribution in [2.75, 3.05) is 34.0 Å². The van der Waals surface area contributed by atoms with Gasteiger partial charge in [-0.3, -0.25) is 0 Å². The molecular weight excluding hydrogens is 376 g/mol. The zero-order valence-corrected chi connectivity index (χ0v) is 17.3. The van der Waals surface area contributed by atoms with E-state index < -0.39 is 0 Å². The normalized spacial score (nSPS) is 11.6. The Morgan fingerprint density at radius 3 is 2.46 bits per heavy atom. The van der Waals surface area contributed by atoms with Crippen LogP contribution in [0.25, 0.3) is 16.6 Å². The van der Waals surface area contributed by atoms with Crippen LogP contribution in [0.15, 0.2) is 42.5 Å². The minimum Gasteiger partial charge on any atom is -0.494 e. The smallest absolute Gasteiger partial charge is 0.148 e. The number of rotatable bonds is 14. The van der Waals surface area contributed by atoms with Gasteiger partial charge in [-0.1, -0.05) is 36.0 Å². The van der Waals surface area contributed by atoms with Crippen molar-refractivity contribution in [1.29, 1.82) is 0 Å². The van der Waals surface area contributed by atoms with Crippen LogP contribution in [0.3, 0.4) is 0 Å². The van der Waals surface area contributed by atoms with Crippen LogP contribution in [0.2, 0.25) is 0 Å². The number of ether oxygens (including phenoxy) is 2. The molecule has 1 aromatic heterocycles. The first-order valence-electron chi connectivity index (χ1n) is 9.38. The van der Waals surface area contributed by atoms with Crippen LogP contribution in [0.5, 0.6) is 5.75 Å². The average Bonchev–Trinajstić information content (AvgIpc) is 3.19. The van der Waals surface area contributed by atoms with Crippen LogP contribution >= 0.6 is 11.3 Å². The Morgan fingerprint density at radius 2 is 1.71 bits per heavy atom. The van der Waals surface area contributed by atoms with Gasteiger partial charge in [-0.2, -0.15) is 0 Å². The molecule has 2 aromatic rings. The minimum absolute atomic E-state index is 0.407. The molecule has 0 aliphatic heterocycles. The van der Waals surface area contributed by atoms with E-state index in [0.29, 0.717) is 6.61 Å². The van der Waals surface area contributed by atoms with E-state index in [0.717, 1.165) is 53.8 Å². The summed E-state index contributed by atoms with van der Waals surface area (Å²) >= 11 is 1.54. The lowest BCUT2D eigenvalue weighted by atomic mass is 10.2. The molecule has 0 saturated heterocycles. The maximum atomic E-state index is 5.80. The van der Waals surface area contributed by atoms with Crippen molar-refractivity contribution in [3.8, 4) is 16.3 Å². The lowest BCUT2D eigenvalue weighted by Crippen LogP contribution is -1.97. The van der Waals surface area contributed by atoms with Crippen LogP contribution in [0.4, 0.5) is 0 Å². The molecule has 1 aromatic carbocycles. The van der Waals surface area contributed by atoms with Gasteiger partial charge in [0.2, 0.25) is 0 Å². The highest BCUT2D eigenvalue weighted by Crippen LogP contribution is 2.26. The van der Waals surface area contributed by atoms with E-state index >= 15 is 0 Å². The van der Waals surface area contributed by atoms with Gasteiger partial charge in [0, 0.05) is 19.3 Å². The van der Waals surface area contributed by atoms with Crippen molar-refractivity contribution in [2.24, 2.45) is 0 Å². The molecule has 0 saturated carbocycles. The third-order valence-corrected chi connectivity index (χ3v) is 4.76. The van der Waals surface area contributed by atoms with Crippen molar-refractivity contribution in [2.45, 2.75) is 25.7 Å². The van der Waals surface area contributed by atoms with Crippen molar-refractivity contribution >= 4 is 17.4 Å². The van der Waals surface area contributed by atoms with Gasteiger partial charge in [-0.25, -0.2) is 9.78 Å². The topological polar surface area (TPSA) is 62.7 Å². The van der Waals surface area contributed by atoms with Gasteiger partial charge >= 0.3 is 0 Å². The monoisotopic (exact) mass is 404 g/mol. The fraction of sp³-hybridized carbons (Fsp3) is 0.429. The van der Waals surface area contributed by atoms with E-state index in [1.54, 1.807) is 18.4 Å². The third kappa shape index (κ3) is 8.75. The Labute approximate surface area is 170 Å². The Balaban J connectivity index is 1.75. The molecule has 0 amide bonds. The number of aromatic nitrogens is 2. The van der Waals surface area contributed by atoms with Crippen LogP contribution in [0.1, 0.15) is 30.7 Å². The Hall–Kier alpha value is -2.06. The van der Waals surface area contributed by atoms with Gasteiger partial charge in [-0.05, 0) is 49.6 Å². The van der Waals surface area contributed by atoms with Gasteiger partial charge in [0.15, 0.2) is 0 Å². The van der Waals surface area contributed by atoms with Crippen LogP contribution in [0, 0.1) is 0 Å². The van der Waals surface area contributed by atoms with Gasteiger partial charge in [-0.15, -0.1) is 10.2 Å². The van der Waals surface area contributed by atoms with Crippen molar-refractivity contribution in [3.63, 3.8) is 0 Å². The average molecular weight is 405 g/mol. The first-order valence-corrected chi connectivity index (χ1v) is 10.2. The Bertz CT molecular complexity index is 713. The number of methoxy groups -OCH3 is 1. The number of unbranched alkanes of at least 4 members (excludes halogenated alkanes) is 3. The molecule has 0 unspecified atom stereocenters. The second-order valence-electron chi connectivity index (χ2n) is 5.96. The summed E-state index contributed by atoms with van der Waals surface area (Å²) in [7, 11) is 3.22. The lowest BCUT2D eigenvalue weighted by molar-refractivity contribution is -0.263. The number of hydrogen-bond donors (Lipinski definition) is 0. The Morgan fingerprint density at radius 1 is 0.929 bits per heavy atom. The standard InChI is InChI=1S/C21H28N2O4S/c1-24-15-7-3-4-8-16-26-19-13-11-18(12-14-19)21-23-22-20(28-21)10-6-5-9-17-27-25-2/h5-6,9-14H,3-4,7-8,15-17H2,1-2H3. The molecule has 2 rings (SSSR count). The molecule has 0 atom stereocenters. The number of hydrogen-bond acceptors (Lipinski definition) is 7. The second kappa shape index (κ2) is 14.0.